The third-order valence-corrected chi connectivity index (χ3v) is 5.52. The second kappa shape index (κ2) is 8.31. The van der Waals surface area contributed by atoms with Gasteiger partial charge in [-0.3, -0.25) is 14.5 Å². The molecule has 0 saturated carbocycles. The molecule has 1 aliphatic heterocycles. The van der Waals surface area contributed by atoms with Crippen LogP contribution in [0.5, 0.6) is 0 Å². The minimum Gasteiger partial charge on any atom is -0.322 e. The molecule has 0 bridgehead atoms. The number of nitrogens with one attached hydrogen (secondary N) is 2. The first-order chi connectivity index (χ1) is 14.9. The fourth-order valence-electron chi connectivity index (χ4n) is 3.58. The van der Waals surface area contributed by atoms with Crippen LogP contribution in [0.4, 0.5) is 14.9 Å². The van der Waals surface area contributed by atoms with Crippen LogP contribution >= 0.6 is 15.9 Å². The maximum Gasteiger partial charge on any atom is 0.326 e. The third-order valence-electron chi connectivity index (χ3n) is 5.03. The number of imide groups is 1. The Labute approximate surface area is 186 Å². The standard InChI is InChI=1S/C23H17BrFN3O3/c24-17-11-12-19(18(25)13-17)26-20(29)14-28-21(30)23(27-22(28)31,15-7-3-1-4-8-15)16-9-5-2-6-10-16/h1-13H,14H2,(H,26,29)(H,27,31). The van der Waals surface area contributed by atoms with Crippen molar-refractivity contribution in [1.29, 1.82) is 0 Å². The molecular weight excluding hydrogens is 465 g/mol. The van der Waals surface area contributed by atoms with Crippen molar-refractivity contribution in [2.24, 2.45) is 0 Å². The van der Waals surface area contributed by atoms with Gasteiger partial charge in [0.2, 0.25) is 5.91 Å². The second-order valence-corrected chi connectivity index (χ2v) is 7.89. The molecule has 6 nitrogen and oxygen atoms in total. The van der Waals surface area contributed by atoms with Crippen molar-refractivity contribution >= 4 is 39.5 Å². The fourth-order valence-corrected chi connectivity index (χ4v) is 3.91. The SMILES string of the molecule is O=C(CN1C(=O)NC(c2ccccc2)(c2ccccc2)C1=O)Nc1ccc(Br)cc1F. The highest BCUT2D eigenvalue weighted by Gasteiger charge is 2.54. The van der Waals surface area contributed by atoms with E-state index < -0.39 is 35.7 Å². The summed E-state index contributed by atoms with van der Waals surface area (Å²) >= 11 is 3.15. The van der Waals surface area contributed by atoms with Gasteiger partial charge in [-0.2, -0.15) is 0 Å². The van der Waals surface area contributed by atoms with Gasteiger partial charge in [0, 0.05) is 4.47 Å². The van der Waals surface area contributed by atoms with Gasteiger partial charge in [-0.25, -0.2) is 9.18 Å². The molecule has 1 aliphatic rings. The van der Waals surface area contributed by atoms with E-state index in [0.717, 1.165) is 4.90 Å². The number of carbonyl (C=O) groups excluding carboxylic acids is 3. The minimum absolute atomic E-state index is 0.0439. The molecule has 2 N–H and O–H groups in total. The number of rotatable bonds is 5. The smallest absolute Gasteiger partial charge is 0.322 e. The van der Waals surface area contributed by atoms with E-state index in [4.69, 9.17) is 0 Å². The number of nitrogens with zero attached hydrogens (tertiary/aromatic N) is 1. The Bertz CT molecular complexity index is 1120. The topological polar surface area (TPSA) is 78.5 Å². The van der Waals surface area contributed by atoms with Crippen molar-refractivity contribution in [3.05, 3.63) is 100 Å². The molecule has 4 rings (SSSR count). The van der Waals surface area contributed by atoms with Crippen LogP contribution in [-0.2, 0) is 15.1 Å². The summed E-state index contributed by atoms with van der Waals surface area (Å²) in [4.78, 5) is 39.7. The Morgan fingerprint density at radius 1 is 0.968 bits per heavy atom. The summed E-state index contributed by atoms with van der Waals surface area (Å²) in [6, 6.07) is 21.1. The van der Waals surface area contributed by atoms with E-state index in [1.165, 1.54) is 12.1 Å². The monoisotopic (exact) mass is 481 g/mol. The number of hydrogen-bond acceptors (Lipinski definition) is 3. The first-order valence-electron chi connectivity index (χ1n) is 9.42. The van der Waals surface area contributed by atoms with E-state index in [1.807, 2.05) is 0 Å². The molecule has 31 heavy (non-hydrogen) atoms. The molecule has 0 spiro atoms. The number of anilines is 1. The molecule has 1 saturated heterocycles. The number of carbonyl (C=O) groups is 3. The van der Waals surface area contributed by atoms with Gasteiger partial charge in [-0.05, 0) is 29.3 Å². The summed E-state index contributed by atoms with van der Waals surface area (Å²) in [5.74, 6) is -1.91. The van der Waals surface area contributed by atoms with Gasteiger partial charge in [0.05, 0.1) is 5.69 Å². The van der Waals surface area contributed by atoms with Gasteiger partial charge in [0.15, 0.2) is 5.54 Å². The molecule has 0 radical (unpaired) electrons. The van der Waals surface area contributed by atoms with Crippen LogP contribution in [0.1, 0.15) is 11.1 Å². The zero-order chi connectivity index (χ0) is 22.0. The van der Waals surface area contributed by atoms with Crippen LogP contribution in [0.3, 0.4) is 0 Å². The Morgan fingerprint density at radius 3 is 2.10 bits per heavy atom. The quantitative estimate of drug-likeness (QED) is 0.540. The van der Waals surface area contributed by atoms with Crippen molar-refractivity contribution in [3.8, 4) is 0 Å². The number of hydrogen-bond donors (Lipinski definition) is 2. The molecule has 8 heteroatoms. The summed E-state index contributed by atoms with van der Waals surface area (Å²) in [6.07, 6.45) is 0. The van der Waals surface area contributed by atoms with Crippen LogP contribution in [0.2, 0.25) is 0 Å². The Morgan fingerprint density at radius 2 is 1.55 bits per heavy atom. The van der Waals surface area contributed by atoms with Gasteiger partial charge < -0.3 is 10.6 Å². The van der Waals surface area contributed by atoms with Crippen LogP contribution in [0.15, 0.2) is 83.3 Å². The van der Waals surface area contributed by atoms with Crippen molar-refractivity contribution in [2.45, 2.75) is 5.54 Å². The first kappa shape index (κ1) is 20.7. The zero-order valence-corrected chi connectivity index (χ0v) is 17.7. The number of halogens is 2. The minimum atomic E-state index is -1.46. The third kappa shape index (κ3) is 3.82. The van der Waals surface area contributed by atoms with E-state index in [0.29, 0.717) is 15.6 Å². The largest absolute Gasteiger partial charge is 0.326 e. The van der Waals surface area contributed by atoms with Crippen LogP contribution in [0, 0.1) is 5.82 Å². The molecule has 0 aromatic heterocycles. The van der Waals surface area contributed by atoms with Gasteiger partial charge in [0.1, 0.15) is 12.4 Å². The lowest BCUT2D eigenvalue weighted by Crippen LogP contribution is -2.45. The highest BCUT2D eigenvalue weighted by molar-refractivity contribution is 9.10. The van der Waals surface area contributed by atoms with Crippen molar-refractivity contribution in [3.63, 3.8) is 0 Å². The highest BCUT2D eigenvalue weighted by atomic mass is 79.9. The summed E-state index contributed by atoms with van der Waals surface area (Å²) in [7, 11) is 0. The van der Waals surface area contributed by atoms with E-state index in [1.54, 1.807) is 66.7 Å². The molecule has 4 amide bonds. The molecule has 0 atom stereocenters. The number of amides is 4. The highest BCUT2D eigenvalue weighted by Crippen LogP contribution is 2.35. The summed E-state index contributed by atoms with van der Waals surface area (Å²) < 4.78 is 14.6. The molecule has 3 aromatic rings. The van der Waals surface area contributed by atoms with Crippen LogP contribution < -0.4 is 10.6 Å². The Kier molecular flexibility index (Phi) is 5.56. The predicted molar refractivity (Wildman–Crippen MR) is 117 cm³/mol. The summed E-state index contributed by atoms with van der Waals surface area (Å²) in [5.41, 5.74) is -0.358. The average molecular weight is 482 g/mol. The molecular formula is C23H17BrFN3O3. The second-order valence-electron chi connectivity index (χ2n) is 6.98. The lowest BCUT2D eigenvalue weighted by Gasteiger charge is -2.28. The Balaban J connectivity index is 1.64. The molecule has 3 aromatic carbocycles. The Hall–Kier alpha value is -3.52. The van der Waals surface area contributed by atoms with Crippen molar-refractivity contribution in [1.82, 2.24) is 10.2 Å². The molecule has 0 unspecified atom stereocenters. The van der Waals surface area contributed by atoms with Crippen LogP contribution in [0.25, 0.3) is 0 Å². The van der Waals surface area contributed by atoms with E-state index in [2.05, 4.69) is 26.6 Å². The van der Waals surface area contributed by atoms with Gasteiger partial charge in [0.25, 0.3) is 5.91 Å². The normalized spacial score (nSPS) is 15.0. The van der Waals surface area contributed by atoms with Gasteiger partial charge >= 0.3 is 6.03 Å². The maximum atomic E-state index is 14.0. The van der Waals surface area contributed by atoms with Gasteiger partial charge in [-0.15, -0.1) is 0 Å². The lowest BCUT2D eigenvalue weighted by molar-refractivity contribution is -0.133. The fraction of sp³-hybridized carbons (Fsp3) is 0.0870. The van der Waals surface area contributed by atoms with E-state index in [9.17, 15) is 18.8 Å². The average Bonchev–Trinajstić information content (AvgIpc) is 3.02. The summed E-state index contributed by atoms with van der Waals surface area (Å²) in [6.45, 7) is -0.554. The summed E-state index contributed by atoms with van der Waals surface area (Å²) in [5, 5.41) is 5.17. The van der Waals surface area contributed by atoms with Gasteiger partial charge in [-0.1, -0.05) is 76.6 Å². The van der Waals surface area contributed by atoms with E-state index >= 15 is 0 Å². The number of urea groups is 1. The zero-order valence-electron chi connectivity index (χ0n) is 16.1. The number of benzene rings is 3. The van der Waals surface area contributed by atoms with Crippen molar-refractivity contribution in [2.75, 3.05) is 11.9 Å². The molecule has 1 heterocycles. The predicted octanol–water partition coefficient (Wildman–Crippen LogP) is 4.02. The first-order valence-corrected chi connectivity index (χ1v) is 10.2. The van der Waals surface area contributed by atoms with Crippen molar-refractivity contribution < 1.29 is 18.8 Å². The molecule has 1 fully saturated rings. The van der Waals surface area contributed by atoms with E-state index in [-0.39, 0.29) is 5.69 Å². The van der Waals surface area contributed by atoms with Crippen LogP contribution in [-0.4, -0.2) is 29.3 Å². The molecule has 156 valence electrons. The maximum absolute atomic E-state index is 14.0. The lowest BCUT2D eigenvalue weighted by atomic mass is 9.82. The molecule has 0 aliphatic carbocycles.